The summed E-state index contributed by atoms with van der Waals surface area (Å²) >= 11 is 0. The van der Waals surface area contributed by atoms with Crippen LogP contribution in [-0.4, -0.2) is 41.1 Å². The van der Waals surface area contributed by atoms with Gasteiger partial charge in [0, 0.05) is 0 Å². The highest BCUT2D eigenvalue weighted by atomic mass is 32.2. The Hall–Kier alpha value is -4.04. The number of nitrogens with zero attached hydrogens (tertiary/aromatic N) is 1. The molecule has 0 saturated carbocycles. The highest BCUT2D eigenvalue weighted by Crippen LogP contribution is 2.33. The average Bonchev–Trinajstić information content (AvgIpc) is 2.90. The Kier molecular flexibility index (Phi) is 7.75. The van der Waals surface area contributed by atoms with Crippen LogP contribution in [0, 0.1) is 6.92 Å². The van der Waals surface area contributed by atoms with Crippen molar-refractivity contribution in [3.05, 3.63) is 96.6 Å². The summed E-state index contributed by atoms with van der Waals surface area (Å²) in [6.45, 7) is 1.90. The second-order valence-corrected chi connectivity index (χ2v) is 10.1. The Morgan fingerprint density at radius 3 is 2.36 bits per heavy atom. The number of carbonyl (C=O) groups is 1. The highest BCUT2D eigenvalue weighted by Gasteiger charge is 2.29. The van der Waals surface area contributed by atoms with E-state index in [2.05, 4.69) is 5.32 Å². The van der Waals surface area contributed by atoms with Crippen LogP contribution in [0.1, 0.15) is 5.56 Å². The van der Waals surface area contributed by atoms with Crippen LogP contribution in [0.5, 0.6) is 11.5 Å². The van der Waals surface area contributed by atoms with Crippen molar-refractivity contribution < 1.29 is 22.7 Å². The molecule has 0 aliphatic rings. The van der Waals surface area contributed by atoms with Crippen molar-refractivity contribution in [2.45, 2.75) is 11.8 Å². The molecule has 0 aliphatic carbocycles. The molecule has 1 amide bonds. The number of amides is 1. The van der Waals surface area contributed by atoms with Gasteiger partial charge >= 0.3 is 0 Å². The summed E-state index contributed by atoms with van der Waals surface area (Å²) < 4.78 is 39.3. The van der Waals surface area contributed by atoms with Crippen LogP contribution in [-0.2, 0) is 14.8 Å². The van der Waals surface area contributed by atoms with Gasteiger partial charge in [-0.2, -0.15) is 0 Å². The third-order valence-corrected chi connectivity index (χ3v) is 7.41. The average molecular weight is 505 g/mol. The maximum Gasteiger partial charge on any atom is 0.264 e. The molecule has 0 aliphatic heterocycles. The van der Waals surface area contributed by atoms with E-state index in [1.807, 2.05) is 55.5 Å². The van der Waals surface area contributed by atoms with Gasteiger partial charge in [0.2, 0.25) is 5.91 Å². The van der Waals surface area contributed by atoms with Crippen LogP contribution in [0.15, 0.2) is 95.9 Å². The lowest BCUT2D eigenvalue weighted by atomic mass is 10.1. The fraction of sp³-hybridized carbons (Fsp3) is 0.179. The molecule has 1 N–H and O–H groups in total. The minimum Gasteiger partial charge on any atom is -0.495 e. The maximum atomic E-state index is 13.5. The van der Waals surface area contributed by atoms with Gasteiger partial charge in [0.25, 0.3) is 10.0 Å². The van der Waals surface area contributed by atoms with Crippen molar-refractivity contribution >= 4 is 32.4 Å². The summed E-state index contributed by atoms with van der Waals surface area (Å²) in [4.78, 5) is 12.9. The summed E-state index contributed by atoms with van der Waals surface area (Å²) in [6, 6.07) is 27.0. The Morgan fingerprint density at radius 1 is 0.889 bits per heavy atom. The highest BCUT2D eigenvalue weighted by molar-refractivity contribution is 7.92. The molecule has 36 heavy (non-hydrogen) atoms. The monoisotopic (exact) mass is 504 g/mol. The molecule has 0 saturated heterocycles. The lowest BCUT2D eigenvalue weighted by molar-refractivity contribution is -0.119. The van der Waals surface area contributed by atoms with E-state index < -0.39 is 22.5 Å². The SMILES string of the molecule is COc1ccc(C)cc1N(CC(=O)NCCOc1ccc2ccccc2c1)S(=O)(=O)c1ccccc1. The van der Waals surface area contributed by atoms with Crippen molar-refractivity contribution in [1.29, 1.82) is 0 Å². The maximum absolute atomic E-state index is 13.5. The van der Waals surface area contributed by atoms with E-state index in [4.69, 9.17) is 9.47 Å². The van der Waals surface area contributed by atoms with Crippen LogP contribution in [0.2, 0.25) is 0 Å². The van der Waals surface area contributed by atoms with Crippen molar-refractivity contribution in [2.24, 2.45) is 0 Å². The number of anilines is 1. The van der Waals surface area contributed by atoms with E-state index in [-0.39, 0.29) is 18.0 Å². The summed E-state index contributed by atoms with van der Waals surface area (Å²) in [6.07, 6.45) is 0. The molecule has 0 fully saturated rings. The van der Waals surface area contributed by atoms with Gasteiger partial charge in [-0.3, -0.25) is 9.10 Å². The number of hydrogen-bond donors (Lipinski definition) is 1. The molecule has 0 bridgehead atoms. The van der Waals surface area contributed by atoms with Gasteiger partial charge in [0.1, 0.15) is 24.7 Å². The molecule has 4 rings (SSSR count). The lowest BCUT2D eigenvalue weighted by Crippen LogP contribution is -2.42. The number of nitrogens with one attached hydrogen (secondary N) is 1. The van der Waals surface area contributed by atoms with Crippen molar-refractivity contribution in [2.75, 3.05) is 31.1 Å². The van der Waals surface area contributed by atoms with E-state index >= 15 is 0 Å². The number of rotatable bonds is 10. The predicted octanol–water partition coefficient (Wildman–Crippen LogP) is 4.55. The fourth-order valence-electron chi connectivity index (χ4n) is 3.82. The lowest BCUT2D eigenvalue weighted by Gasteiger charge is -2.26. The number of benzene rings is 4. The van der Waals surface area contributed by atoms with Crippen LogP contribution in [0.3, 0.4) is 0 Å². The van der Waals surface area contributed by atoms with E-state index in [1.165, 1.54) is 19.2 Å². The molecule has 0 heterocycles. The molecule has 7 nitrogen and oxygen atoms in total. The second kappa shape index (κ2) is 11.1. The molecule has 8 heteroatoms. The van der Waals surface area contributed by atoms with Crippen molar-refractivity contribution in [1.82, 2.24) is 5.32 Å². The van der Waals surface area contributed by atoms with Crippen LogP contribution < -0.4 is 19.1 Å². The van der Waals surface area contributed by atoms with Crippen molar-refractivity contribution in [3.8, 4) is 11.5 Å². The Morgan fingerprint density at radius 2 is 1.61 bits per heavy atom. The number of fused-ring (bicyclic) bond motifs is 1. The minimum absolute atomic E-state index is 0.0843. The number of methoxy groups -OCH3 is 1. The van der Waals surface area contributed by atoms with E-state index in [0.717, 1.165) is 20.6 Å². The minimum atomic E-state index is -4.03. The molecule has 0 unspecified atom stereocenters. The van der Waals surface area contributed by atoms with Gasteiger partial charge in [-0.05, 0) is 59.7 Å². The topological polar surface area (TPSA) is 84.9 Å². The van der Waals surface area contributed by atoms with Crippen molar-refractivity contribution in [3.63, 3.8) is 0 Å². The van der Waals surface area contributed by atoms with Gasteiger partial charge in [-0.1, -0.05) is 54.6 Å². The predicted molar refractivity (Wildman–Crippen MR) is 141 cm³/mol. The third-order valence-electron chi connectivity index (χ3n) is 5.64. The smallest absolute Gasteiger partial charge is 0.264 e. The Labute approximate surface area is 211 Å². The van der Waals surface area contributed by atoms with Crippen LogP contribution in [0.25, 0.3) is 10.8 Å². The molecular weight excluding hydrogens is 476 g/mol. The van der Waals surface area contributed by atoms with Gasteiger partial charge in [-0.15, -0.1) is 0 Å². The van der Waals surface area contributed by atoms with Crippen LogP contribution in [0.4, 0.5) is 5.69 Å². The molecule has 0 spiro atoms. The zero-order valence-electron chi connectivity index (χ0n) is 20.2. The quantitative estimate of drug-likeness (QED) is 0.321. The first kappa shape index (κ1) is 25.1. The molecule has 4 aromatic rings. The number of aryl methyl sites for hydroxylation is 1. The summed E-state index contributed by atoms with van der Waals surface area (Å²) in [7, 11) is -2.57. The first-order valence-electron chi connectivity index (χ1n) is 11.5. The number of ether oxygens (including phenoxy) is 2. The van der Waals surface area contributed by atoms with Gasteiger partial charge in [-0.25, -0.2) is 8.42 Å². The third kappa shape index (κ3) is 5.78. The second-order valence-electron chi connectivity index (χ2n) is 8.21. The van der Waals surface area contributed by atoms with Gasteiger partial charge in [0.05, 0.1) is 24.2 Å². The first-order valence-corrected chi connectivity index (χ1v) is 12.9. The molecule has 0 aromatic heterocycles. The summed E-state index contributed by atoms with van der Waals surface area (Å²) in [5.41, 5.74) is 1.13. The standard InChI is InChI=1S/C28H28N2O5S/c1-21-12-15-27(34-2)26(18-21)30(36(32,33)25-10-4-3-5-11-25)20-28(31)29-16-17-35-24-14-13-22-8-6-7-9-23(22)19-24/h3-15,18-19H,16-17,20H2,1-2H3,(H,29,31). The Balaban J connectivity index is 1.47. The number of sulfonamides is 1. The summed E-state index contributed by atoms with van der Waals surface area (Å²) in [5.74, 6) is 0.591. The Bertz CT molecular complexity index is 1460. The van der Waals surface area contributed by atoms with Gasteiger partial charge < -0.3 is 14.8 Å². The first-order chi connectivity index (χ1) is 17.4. The molecule has 186 valence electrons. The number of hydrogen-bond acceptors (Lipinski definition) is 5. The van der Waals surface area contributed by atoms with E-state index in [9.17, 15) is 13.2 Å². The molecule has 0 atom stereocenters. The van der Waals surface area contributed by atoms with E-state index in [0.29, 0.717) is 17.2 Å². The molecule has 4 aromatic carbocycles. The van der Waals surface area contributed by atoms with E-state index in [1.54, 1.807) is 30.3 Å². The summed E-state index contributed by atoms with van der Waals surface area (Å²) in [5, 5.41) is 4.93. The fourth-order valence-corrected chi connectivity index (χ4v) is 5.26. The van der Waals surface area contributed by atoms with Gasteiger partial charge in [0.15, 0.2) is 0 Å². The van der Waals surface area contributed by atoms with Crippen LogP contribution >= 0.6 is 0 Å². The number of carbonyl (C=O) groups excluding carboxylic acids is 1. The zero-order valence-corrected chi connectivity index (χ0v) is 21.0. The zero-order chi connectivity index (χ0) is 25.5. The largest absolute Gasteiger partial charge is 0.495 e. The normalized spacial score (nSPS) is 11.2. The molecule has 0 radical (unpaired) electrons. The molecular formula is C28H28N2O5S.